The maximum atomic E-state index is 14.1. The summed E-state index contributed by atoms with van der Waals surface area (Å²) in [5, 5.41) is -0.137. The predicted molar refractivity (Wildman–Crippen MR) is 61.5 cm³/mol. The van der Waals surface area contributed by atoms with Crippen LogP contribution in [0.15, 0.2) is 36.7 Å². The maximum Gasteiger partial charge on any atom is 0.298 e. The molecule has 0 aromatic carbocycles. The number of alkyl halides is 2. The molecule has 0 unspecified atom stereocenters. The molecule has 0 aliphatic carbocycles. The molecule has 17 heavy (non-hydrogen) atoms. The summed E-state index contributed by atoms with van der Waals surface area (Å²) in [5.41, 5.74) is -0.473. The average Bonchev–Trinajstić information content (AvgIpc) is 2.29. The van der Waals surface area contributed by atoms with E-state index in [1.54, 1.807) is 0 Å². The van der Waals surface area contributed by atoms with E-state index in [0.717, 1.165) is 12.1 Å². The van der Waals surface area contributed by atoms with Crippen molar-refractivity contribution < 1.29 is 8.78 Å². The number of nitrogens with zero attached hydrogens (tertiary/aromatic N) is 2. The van der Waals surface area contributed by atoms with Crippen LogP contribution in [0.4, 0.5) is 8.78 Å². The first-order valence-corrected chi connectivity index (χ1v) is 5.37. The maximum absolute atomic E-state index is 14.1. The fraction of sp³-hybridized carbons (Fsp3) is 0.0909. The number of hydrogen-bond acceptors (Lipinski definition) is 2. The topological polar surface area (TPSA) is 25.8 Å². The van der Waals surface area contributed by atoms with E-state index in [2.05, 4.69) is 9.97 Å². The number of halogens is 4. The summed E-state index contributed by atoms with van der Waals surface area (Å²) < 4.78 is 28.2. The van der Waals surface area contributed by atoms with Crippen LogP contribution in [0.1, 0.15) is 11.1 Å². The van der Waals surface area contributed by atoms with Gasteiger partial charge in [0.25, 0.3) is 5.92 Å². The molecule has 0 aliphatic rings. The number of rotatable bonds is 2. The highest BCUT2D eigenvalue weighted by Crippen LogP contribution is 2.36. The molecule has 2 nitrogen and oxygen atoms in total. The fourth-order valence-electron chi connectivity index (χ4n) is 1.37. The normalized spacial score (nSPS) is 11.5. The van der Waals surface area contributed by atoms with Crippen molar-refractivity contribution in [3.8, 4) is 0 Å². The van der Waals surface area contributed by atoms with E-state index in [9.17, 15) is 8.78 Å². The van der Waals surface area contributed by atoms with Gasteiger partial charge < -0.3 is 0 Å². The van der Waals surface area contributed by atoms with E-state index in [1.165, 1.54) is 24.5 Å². The number of pyridine rings is 2. The van der Waals surface area contributed by atoms with Crippen LogP contribution < -0.4 is 0 Å². The Labute approximate surface area is 106 Å². The summed E-state index contributed by atoms with van der Waals surface area (Å²) in [4.78, 5) is 7.32. The summed E-state index contributed by atoms with van der Waals surface area (Å²) in [6.45, 7) is 0. The molecule has 0 radical (unpaired) electrons. The molecule has 0 fully saturated rings. The van der Waals surface area contributed by atoms with Crippen LogP contribution in [-0.2, 0) is 5.92 Å². The fourth-order valence-corrected chi connectivity index (χ4v) is 1.83. The van der Waals surface area contributed by atoms with E-state index in [1.807, 2.05) is 0 Å². The molecule has 0 saturated heterocycles. The minimum Gasteiger partial charge on any atom is -0.265 e. The first-order chi connectivity index (χ1) is 8.00. The van der Waals surface area contributed by atoms with Gasteiger partial charge in [-0.2, -0.15) is 8.78 Å². The second kappa shape index (κ2) is 4.55. The Hall–Kier alpha value is -1.26. The largest absolute Gasteiger partial charge is 0.298 e. The Balaban J connectivity index is 2.51. The molecule has 0 saturated carbocycles. The molecular weight excluding hydrogens is 269 g/mol. The standard InChI is InChI=1S/C11H6Cl2F2N2/c12-9-5-8(6-10(13)17-9)11(14,15)7-1-3-16-4-2-7/h1-6H. The van der Waals surface area contributed by atoms with Gasteiger partial charge >= 0.3 is 0 Å². The quantitative estimate of drug-likeness (QED) is 0.776. The van der Waals surface area contributed by atoms with E-state index in [-0.39, 0.29) is 21.4 Å². The van der Waals surface area contributed by atoms with Crippen LogP contribution in [0.3, 0.4) is 0 Å². The van der Waals surface area contributed by atoms with Gasteiger partial charge in [0.2, 0.25) is 0 Å². The second-order valence-corrected chi connectivity index (χ2v) is 4.09. The van der Waals surface area contributed by atoms with Gasteiger partial charge in [-0.15, -0.1) is 0 Å². The van der Waals surface area contributed by atoms with E-state index in [4.69, 9.17) is 23.2 Å². The predicted octanol–water partition coefficient (Wildman–Crippen LogP) is 3.92. The molecule has 0 spiro atoms. The van der Waals surface area contributed by atoms with Crippen molar-refractivity contribution >= 4 is 23.2 Å². The molecule has 0 amide bonds. The van der Waals surface area contributed by atoms with Gasteiger partial charge in [0, 0.05) is 23.5 Å². The zero-order chi connectivity index (χ0) is 12.5. The smallest absolute Gasteiger partial charge is 0.265 e. The zero-order valence-electron chi connectivity index (χ0n) is 8.37. The van der Waals surface area contributed by atoms with Crippen LogP contribution in [0.25, 0.3) is 0 Å². The van der Waals surface area contributed by atoms with Crippen LogP contribution in [-0.4, -0.2) is 9.97 Å². The van der Waals surface area contributed by atoms with Gasteiger partial charge in [-0.05, 0) is 24.3 Å². The molecule has 0 atom stereocenters. The molecule has 6 heteroatoms. The highest BCUT2D eigenvalue weighted by atomic mass is 35.5. The number of aromatic nitrogens is 2. The first kappa shape index (κ1) is 12.2. The van der Waals surface area contributed by atoms with Gasteiger partial charge in [-0.1, -0.05) is 23.2 Å². The van der Waals surface area contributed by atoms with Gasteiger partial charge in [0.05, 0.1) is 0 Å². The molecule has 2 rings (SSSR count). The van der Waals surface area contributed by atoms with Crippen molar-refractivity contribution in [2.24, 2.45) is 0 Å². The summed E-state index contributed by atoms with van der Waals surface area (Å²) in [7, 11) is 0. The summed E-state index contributed by atoms with van der Waals surface area (Å²) in [6.07, 6.45) is 2.60. The Morgan fingerprint density at radius 1 is 0.941 bits per heavy atom. The Morgan fingerprint density at radius 3 is 2.00 bits per heavy atom. The Kier molecular flexibility index (Phi) is 3.26. The van der Waals surface area contributed by atoms with Crippen molar-refractivity contribution in [2.75, 3.05) is 0 Å². The van der Waals surface area contributed by atoms with Crippen molar-refractivity contribution in [1.82, 2.24) is 9.97 Å². The van der Waals surface area contributed by atoms with Gasteiger partial charge in [-0.25, -0.2) is 4.98 Å². The van der Waals surface area contributed by atoms with Gasteiger partial charge in [0.15, 0.2) is 0 Å². The highest BCUT2D eigenvalue weighted by Gasteiger charge is 2.34. The lowest BCUT2D eigenvalue weighted by Gasteiger charge is -2.17. The third kappa shape index (κ3) is 2.53. The van der Waals surface area contributed by atoms with Crippen molar-refractivity contribution in [3.63, 3.8) is 0 Å². The minimum absolute atomic E-state index is 0.0683. The molecule has 0 aliphatic heterocycles. The molecule has 2 aromatic rings. The first-order valence-electron chi connectivity index (χ1n) is 4.62. The third-order valence-electron chi connectivity index (χ3n) is 2.17. The van der Waals surface area contributed by atoms with Crippen molar-refractivity contribution in [1.29, 1.82) is 0 Å². The second-order valence-electron chi connectivity index (χ2n) is 3.31. The minimum atomic E-state index is -3.18. The summed E-state index contributed by atoms with van der Waals surface area (Å²) in [5.74, 6) is -3.18. The lowest BCUT2D eigenvalue weighted by Crippen LogP contribution is -2.15. The lowest BCUT2D eigenvalue weighted by atomic mass is 10.0. The summed E-state index contributed by atoms with van der Waals surface area (Å²) >= 11 is 11.2. The van der Waals surface area contributed by atoms with Crippen LogP contribution in [0, 0.1) is 0 Å². The van der Waals surface area contributed by atoms with Crippen molar-refractivity contribution in [3.05, 3.63) is 58.1 Å². The Bertz CT molecular complexity index is 512. The van der Waals surface area contributed by atoms with Crippen LogP contribution >= 0.6 is 23.2 Å². The molecule has 0 N–H and O–H groups in total. The van der Waals surface area contributed by atoms with Crippen LogP contribution in [0.2, 0.25) is 10.3 Å². The SMILES string of the molecule is FC(F)(c1ccncc1)c1cc(Cl)nc(Cl)c1. The molecule has 0 bridgehead atoms. The van der Waals surface area contributed by atoms with Crippen molar-refractivity contribution in [2.45, 2.75) is 5.92 Å². The molecule has 2 aromatic heterocycles. The lowest BCUT2D eigenvalue weighted by molar-refractivity contribution is 0.0426. The van der Waals surface area contributed by atoms with Gasteiger partial charge in [-0.3, -0.25) is 4.98 Å². The highest BCUT2D eigenvalue weighted by molar-refractivity contribution is 6.32. The van der Waals surface area contributed by atoms with E-state index in [0.29, 0.717) is 0 Å². The van der Waals surface area contributed by atoms with E-state index >= 15 is 0 Å². The monoisotopic (exact) mass is 274 g/mol. The zero-order valence-corrected chi connectivity index (χ0v) is 9.88. The molecular formula is C11H6Cl2F2N2. The van der Waals surface area contributed by atoms with Gasteiger partial charge in [0.1, 0.15) is 10.3 Å². The Morgan fingerprint density at radius 2 is 1.47 bits per heavy atom. The number of hydrogen-bond donors (Lipinski definition) is 0. The molecule has 2 heterocycles. The van der Waals surface area contributed by atoms with Crippen LogP contribution in [0.5, 0.6) is 0 Å². The average molecular weight is 275 g/mol. The summed E-state index contributed by atoms with van der Waals surface area (Å²) in [6, 6.07) is 4.66. The van der Waals surface area contributed by atoms with E-state index < -0.39 is 5.92 Å². The molecule has 88 valence electrons. The third-order valence-corrected chi connectivity index (χ3v) is 2.56.